The molecule has 2 aromatic heterocycles. The monoisotopic (exact) mass is 648 g/mol. The summed E-state index contributed by atoms with van der Waals surface area (Å²) in [4.78, 5) is 46.8. The third-order valence-electron chi connectivity index (χ3n) is 8.11. The molecule has 1 atom stereocenters. The second-order valence-corrected chi connectivity index (χ2v) is 13.2. The van der Waals surface area contributed by atoms with Crippen LogP contribution in [0.25, 0.3) is 11.0 Å². The first kappa shape index (κ1) is 27.8. The Morgan fingerprint density at radius 3 is 2.42 bits per heavy atom. The summed E-state index contributed by atoms with van der Waals surface area (Å²) in [6.07, 6.45) is 0. The minimum absolute atomic E-state index is 0.0142. The average Bonchev–Trinajstić information content (AvgIpc) is 3.70. The van der Waals surface area contributed by atoms with Gasteiger partial charge in [-0.05, 0) is 35.4 Å². The molecule has 0 saturated heterocycles. The second-order valence-electron chi connectivity index (χ2n) is 10.6. The van der Waals surface area contributed by atoms with Crippen LogP contribution in [0.15, 0.2) is 117 Å². The van der Waals surface area contributed by atoms with E-state index in [1.165, 1.54) is 28.0 Å². The topological polar surface area (TPSA) is 96.6 Å². The van der Waals surface area contributed by atoms with Crippen LogP contribution in [0, 0.1) is 0 Å². The maximum atomic E-state index is 15.0. The highest BCUT2D eigenvalue weighted by atomic mass is 35.5. The van der Waals surface area contributed by atoms with E-state index in [2.05, 4.69) is 10.2 Å². The molecule has 0 fully saturated rings. The van der Waals surface area contributed by atoms with Crippen molar-refractivity contribution in [2.24, 2.45) is 0 Å². The first-order valence-electron chi connectivity index (χ1n) is 14.0. The van der Waals surface area contributed by atoms with Crippen molar-refractivity contribution >= 4 is 68.3 Å². The van der Waals surface area contributed by atoms with E-state index in [1.54, 1.807) is 41.3 Å². The normalized spacial score (nSPS) is 17.0. The predicted molar refractivity (Wildman–Crippen MR) is 175 cm³/mol. The van der Waals surface area contributed by atoms with Gasteiger partial charge in [-0.3, -0.25) is 19.3 Å². The molecule has 4 heterocycles. The molecule has 6 aromatic rings. The average molecular weight is 649 g/mol. The van der Waals surface area contributed by atoms with Gasteiger partial charge in [-0.25, -0.2) is 0 Å². The number of hydrogen-bond donors (Lipinski definition) is 0. The molecule has 2 aliphatic heterocycles. The molecule has 220 valence electrons. The van der Waals surface area contributed by atoms with Gasteiger partial charge in [0, 0.05) is 16.3 Å². The predicted octanol–water partition coefficient (Wildman–Crippen LogP) is 7.04. The highest BCUT2D eigenvalue weighted by molar-refractivity contribution is 8.00. The summed E-state index contributed by atoms with van der Waals surface area (Å²) in [6, 6.07) is 31.1. The van der Waals surface area contributed by atoms with E-state index in [9.17, 15) is 9.59 Å². The molecular weight excluding hydrogens is 628 g/mol. The van der Waals surface area contributed by atoms with Gasteiger partial charge in [0.2, 0.25) is 10.9 Å². The van der Waals surface area contributed by atoms with Crippen LogP contribution in [-0.4, -0.2) is 22.0 Å². The maximum Gasteiger partial charge on any atom is 0.297 e. The van der Waals surface area contributed by atoms with Gasteiger partial charge in [0.1, 0.15) is 5.58 Å². The molecule has 0 N–H and O–H groups in total. The van der Waals surface area contributed by atoms with Gasteiger partial charge >= 0.3 is 0 Å². The van der Waals surface area contributed by atoms with Crippen molar-refractivity contribution in [1.82, 2.24) is 10.2 Å². The number of nitrogens with zero attached hydrogens (tertiary/aromatic N) is 4. The van der Waals surface area contributed by atoms with Gasteiger partial charge in [-0.1, -0.05) is 114 Å². The van der Waals surface area contributed by atoms with Crippen LogP contribution in [0.2, 0.25) is 5.02 Å². The molecule has 0 radical (unpaired) electrons. The quantitative estimate of drug-likeness (QED) is 0.141. The number of halogens is 1. The number of benzene rings is 4. The number of rotatable bonds is 6. The molecule has 0 saturated carbocycles. The van der Waals surface area contributed by atoms with E-state index in [-0.39, 0.29) is 34.0 Å². The van der Waals surface area contributed by atoms with Crippen LogP contribution in [0.1, 0.15) is 32.8 Å². The summed E-state index contributed by atoms with van der Waals surface area (Å²) in [5.74, 6) is -0.714. The zero-order chi connectivity index (χ0) is 30.7. The van der Waals surface area contributed by atoms with E-state index in [4.69, 9.17) is 16.0 Å². The minimum atomic E-state index is -1.84. The van der Waals surface area contributed by atoms with Crippen LogP contribution < -0.4 is 15.2 Å². The lowest BCUT2D eigenvalue weighted by atomic mass is 9.84. The molecule has 1 unspecified atom stereocenters. The number of aromatic nitrogens is 2. The number of carbonyl (C=O) groups excluding carboxylic acids is 2. The molecular formula is C34H21ClN4O4S2. The third kappa shape index (κ3) is 4.17. The van der Waals surface area contributed by atoms with E-state index in [0.29, 0.717) is 26.4 Å². The van der Waals surface area contributed by atoms with Gasteiger partial charge in [-0.15, -0.1) is 10.2 Å². The van der Waals surface area contributed by atoms with Crippen molar-refractivity contribution in [3.63, 3.8) is 0 Å². The Morgan fingerprint density at radius 1 is 0.844 bits per heavy atom. The summed E-state index contributed by atoms with van der Waals surface area (Å²) in [5, 5.41) is 9.88. The van der Waals surface area contributed by atoms with Crippen LogP contribution >= 0.6 is 34.7 Å². The fourth-order valence-corrected chi connectivity index (χ4v) is 8.32. The lowest BCUT2D eigenvalue weighted by molar-refractivity contribution is -0.121. The first-order chi connectivity index (χ1) is 22.0. The van der Waals surface area contributed by atoms with Gasteiger partial charge in [0.25, 0.3) is 11.8 Å². The first-order valence-corrected chi connectivity index (χ1v) is 16.2. The van der Waals surface area contributed by atoms with Crippen LogP contribution in [-0.2, 0) is 22.6 Å². The van der Waals surface area contributed by atoms with Crippen molar-refractivity contribution in [2.45, 2.75) is 22.2 Å². The molecule has 2 amide bonds. The zero-order valence-electron chi connectivity index (χ0n) is 23.3. The molecule has 8 rings (SSSR count). The number of carbonyl (C=O) groups is 2. The number of fused-ring (bicyclic) bond motifs is 5. The van der Waals surface area contributed by atoms with Gasteiger partial charge in [-0.2, -0.15) is 0 Å². The van der Waals surface area contributed by atoms with E-state index in [1.807, 2.05) is 66.7 Å². The van der Waals surface area contributed by atoms with Crippen molar-refractivity contribution in [1.29, 1.82) is 0 Å². The Bertz CT molecular complexity index is 2220. The summed E-state index contributed by atoms with van der Waals surface area (Å²) in [7, 11) is 0. The Labute approximate surface area is 269 Å². The summed E-state index contributed by atoms with van der Waals surface area (Å²) in [6.45, 7) is 0.240. The van der Waals surface area contributed by atoms with Crippen molar-refractivity contribution < 1.29 is 14.0 Å². The smallest absolute Gasteiger partial charge is 0.297 e. The van der Waals surface area contributed by atoms with Crippen molar-refractivity contribution in [3.8, 4) is 0 Å². The lowest BCUT2D eigenvalue weighted by Crippen LogP contribution is -2.53. The van der Waals surface area contributed by atoms with E-state index in [0.717, 1.165) is 11.1 Å². The largest absolute Gasteiger partial charge is 0.450 e. The van der Waals surface area contributed by atoms with Crippen molar-refractivity contribution in [3.05, 3.63) is 146 Å². The fourth-order valence-electron chi connectivity index (χ4n) is 6.14. The molecule has 8 nitrogen and oxygen atoms in total. The van der Waals surface area contributed by atoms with Crippen LogP contribution in [0.4, 0.5) is 10.8 Å². The molecule has 0 bridgehead atoms. The van der Waals surface area contributed by atoms with Crippen molar-refractivity contribution in [2.75, 3.05) is 9.80 Å². The van der Waals surface area contributed by atoms with E-state index >= 15 is 4.79 Å². The van der Waals surface area contributed by atoms with Crippen LogP contribution in [0.3, 0.4) is 0 Å². The number of amides is 2. The molecule has 0 aliphatic carbocycles. The molecule has 2 aliphatic rings. The fraction of sp³-hybridized carbons (Fsp3) is 0.0882. The molecule has 1 spiro atoms. The standard InChI is InChI=1S/C34H21ClN4O4S2/c35-24-15-7-4-12-21(24)19-44-33-37-36-32(45-33)39-30(41)29-27(28(40)22-13-5-9-17-26(22)43-29)34(39)23-14-6-8-16-25(23)38(31(34)42)18-20-10-2-1-3-11-20/h1-17H,18-19H2. The second kappa shape index (κ2) is 10.7. The number of hydrogen-bond acceptors (Lipinski definition) is 8. The highest BCUT2D eigenvalue weighted by Gasteiger charge is 2.66. The van der Waals surface area contributed by atoms with Gasteiger partial charge in [0.05, 0.1) is 23.2 Å². The summed E-state index contributed by atoms with van der Waals surface area (Å²) in [5.41, 5.74) is 0.897. The molecule has 45 heavy (non-hydrogen) atoms. The molecule has 4 aromatic carbocycles. The Morgan fingerprint density at radius 2 is 1.58 bits per heavy atom. The summed E-state index contributed by atoms with van der Waals surface area (Å²) >= 11 is 8.96. The highest BCUT2D eigenvalue weighted by Crippen LogP contribution is 2.55. The van der Waals surface area contributed by atoms with Gasteiger partial charge < -0.3 is 9.32 Å². The Kier molecular flexibility index (Phi) is 6.59. The number of thioether (sulfide) groups is 1. The number of para-hydroxylation sites is 2. The Balaban J connectivity index is 1.32. The molecule has 11 heteroatoms. The minimum Gasteiger partial charge on any atom is -0.450 e. The van der Waals surface area contributed by atoms with Gasteiger partial charge in [0.15, 0.2) is 15.3 Å². The maximum absolute atomic E-state index is 15.0. The SMILES string of the molecule is O=C1c2oc3ccccc3c(=O)c2C2(C(=O)N(Cc3ccccc3)c3ccccc32)N1c1nnc(SCc2ccccc2Cl)s1. The van der Waals surface area contributed by atoms with Crippen LogP contribution in [0.5, 0.6) is 0 Å². The van der Waals surface area contributed by atoms with E-state index < -0.39 is 22.8 Å². The third-order valence-corrected chi connectivity index (χ3v) is 10.6. The lowest BCUT2D eigenvalue weighted by Gasteiger charge is -2.32. The summed E-state index contributed by atoms with van der Waals surface area (Å²) < 4.78 is 6.73. The zero-order valence-corrected chi connectivity index (χ0v) is 25.7. The Hall–Kier alpha value is -4.77. The number of anilines is 2.